The van der Waals surface area contributed by atoms with E-state index in [2.05, 4.69) is 50.4 Å². The average molecular weight is 359 g/mol. The Morgan fingerprint density at radius 2 is 2.08 bits per heavy atom. The maximum atomic E-state index is 5.14. The number of aliphatic imine (C=N–C) groups is 1. The number of rotatable bonds is 6. The molecule has 26 heavy (non-hydrogen) atoms. The van der Waals surface area contributed by atoms with Gasteiger partial charge >= 0.3 is 0 Å². The van der Waals surface area contributed by atoms with Crippen molar-refractivity contribution in [3.8, 4) is 0 Å². The molecule has 1 aromatic carbocycles. The van der Waals surface area contributed by atoms with E-state index in [9.17, 15) is 0 Å². The maximum Gasteiger partial charge on any atom is 0.193 e. The first-order chi connectivity index (χ1) is 12.8. The number of piperidine rings is 2. The van der Waals surface area contributed by atoms with Gasteiger partial charge in [0.1, 0.15) is 0 Å². The van der Waals surface area contributed by atoms with Crippen molar-refractivity contribution in [2.45, 2.75) is 38.3 Å². The summed E-state index contributed by atoms with van der Waals surface area (Å²) in [7, 11) is 3.65. The molecule has 2 heterocycles. The third kappa shape index (κ3) is 4.98. The second-order valence-corrected chi connectivity index (χ2v) is 7.48. The lowest BCUT2D eigenvalue weighted by molar-refractivity contribution is 0.0372. The summed E-state index contributed by atoms with van der Waals surface area (Å²) in [4.78, 5) is 9.69. The molecule has 144 valence electrons. The Kier molecular flexibility index (Phi) is 7.32. The summed E-state index contributed by atoms with van der Waals surface area (Å²) < 4.78 is 5.14. The van der Waals surface area contributed by atoms with Crippen LogP contribution in [-0.4, -0.2) is 68.7 Å². The molecule has 5 heteroatoms. The Morgan fingerprint density at radius 3 is 2.85 bits per heavy atom. The first-order valence-electron chi connectivity index (χ1n) is 10.0. The van der Waals surface area contributed by atoms with Crippen LogP contribution in [0.3, 0.4) is 0 Å². The molecule has 1 N–H and O–H groups in total. The first-order valence-corrected chi connectivity index (χ1v) is 10.0. The van der Waals surface area contributed by atoms with Crippen LogP contribution in [-0.2, 0) is 11.3 Å². The largest absolute Gasteiger partial charge is 0.385 e. The number of benzene rings is 1. The van der Waals surface area contributed by atoms with E-state index in [1.165, 1.54) is 31.4 Å². The van der Waals surface area contributed by atoms with Crippen molar-refractivity contribution in [3.63, 3.8) is 0 Å². The van der Waals surface area contributed by atoms with Crippen LogP contribution in [0, 0.1) is 5.92 Å². The summed E-state index contributed by atoms with van der Waals surface area (Å²) in [6.45, 7) is 6.26. The topological polar surface area (TPSA) is 40.1 Å². The molecular weight excluding hydrogens is 324 g/mol. The van der Waals surface area contributed by atoms with E-state index in [1.54, 1.807) is 7.11 Å². The highest BCUT2D eigenvalue weighted by molar-refractivity contribution is 5.80. The van der Waals surface area contributed by atoms with Crippen molar-refractivity contribution in [3.05, 3.63) is 35.9 Å². The van der Waals surface area contributed by atoms with Crippen LogP contribution < -0.4 is 5.32 Å². The molecule has 2 aliphatic rings. The van der Waals surface area contributed by atoms with Gasteiger partial charge in [-0.15, -0.1) is 0 Å². The highest BCUT2D eigenvalue weighted by atomic mass is 16.5. The Hall–Kier alpha value is -1.59. The molecule has 0 aromatic heterocycles. The van der Waals surface area contributed by atoms with Crippen molar-refractivity contribution >= 4 is 5.96 Å². The van der Waals surface area contributed by atoms with Crippen LogP contribution in [0.25, 0.3) is 0 Å². The Labute approximate surface area is 158 Å². The highest BCUT2D eigenvalue weighted by Crippen LogP contribution is 2.31. The van der Waals surface area contributed by atoms with Gasteiger partial charge in [0, 0.05) is 53.0 Å². The number of guanidine groups is 1. The van der Waals surface area contributed by atoms with Crippen LogP contribution in [0.1, 0.15) is 31.2 Å². The third-order valence-corrected chi connectivity index (χ3v) is 5.73. The van der Waals surface area contributed by atoms with Gasteiger partial charge in [-0.2, -0.15) is 0 Å². The Bertz CT molecular complexity index is 562. The minimum absolute atomic E-state index is 0.715. The molecule has 3 rings (SSSR count). The molecule has 1 aromatic rings. The van der Waals surface area contributed by atoms with Gasteiger partial charge < -0.3 is 15.0 Å². The van der Waals surface area contributed by atoms with Crippen LogP contribution in [0.15, 0.2) is 35.3 Å². The lowest BCUT2D eigenvalue weighted by Gasteiger charge is -2.48. The highest BCUT2D eigenvalue weighted by Gasteiger charge is 2.36. The Balaban J connectivity index is 1.55. The maximum absolute atomic E-state index is 5.14. The summed E-state index contributed by atoms with van der Waals surface area (Å²) in [6, 6.07) is 11.6. The molecule has 2 unspecified atom stereocenters. The van der Waals surface area contributed by atoms with Gasteiger partial charge in [-0.3, -0.25) is 9.89 Å². The number of ether oxygens (including phenoxy) is 1. The summed E-state index contributed by atoms with van der Waals surface area (Å²) in [5, 5.41) is 3.50. The number of hydrogen-bond donors (Lipinski definition) is 1. The first kappa shape index (κ1) is 19.2. The van der Waals surface area contributed by atoms with Crippen LogP contribution >= 0.6 is 0 Å². The van der Waals surface area contributed by atoms with Gasteiger partial charge in [0.25, 0.3) is 0 Å². The molecule has 2 saturated heterocycles. The smallest absolute Gasteiger partial charge is 0.193 e. The molecule has 0 saturated carbocycles. The zero-order valence-electron chi connectivity index (χ0n) is 16.4. The number of fused-ring (bicyclic) bond motifs is 1. The van der Waals surface area contributed by atoms with Crippen molar-refractivity contribution in [1.82, 2.24) is 15.1 Å². The van der Waals surface area contributed by atoms with Gasteiger partial charge in [0.05, 0.1) is 0 Å². The number of nitrogens with zero attached hydrogens (tertiary/aromatic N) is 3. The third-order valence-electron chi connectivity index (χ3n) is 5.73. The predicted octanol–water partition coefficient (Wildman–Crippen LogP) is 2.58. The zero-order chi connectivity index (χ0) is 18.2. The fourth-order valence-corrected chi connectivity index (χ4v) is 4.46. The lowest BCUT2D eigenvalue weighted by atomic mass is 9.83. The minimum Gasteiger partial charge on any atom is -0.385 e. The normalized spacial score (nSPS) is 24.4. The van der Waals surface area contributed by atoms with Gasteiger partial charge in [-0.25, -0.2) is 0 Å². The molecule has 0 amide bonds. The molecule has 2 aliphatic heterocycles. The molecule has 0 bridgehead atoms. The van der Waals surface area contributed by atoms with Crippen LogP contribution in [0.2, 0.25) is 0 Å². The molecule has 0 aliphatic carbocycles. The van der Waals surface area contributed by atoms with E-state index in [0.717, 1.165) is 51.1 Å². The average Bonchev–Trinajstić information content (AvgIpc) is 2.69. The van der Waals surface area contributed by atoms with Crippen molar-refractivity contribution < 1.29 is 4.74 Å². The van der Waals surface area contributed by atoms with Gasteiger partial charge in [-0.1, -0.05) is 30.3 Å². The van der Waals surface area contributed by atoms with Crippen LogP contribution in [0.5, 0.6) is 0 Å². The van der Waals surface area contributed by atoms with E-state index in [-0.39, 0.29) is 0 Å². The second kappa shape index (κ2) is 9.93. The summed E-state index contributed by atoms with van der Waals surface area (Å²) in [5.41, 5.74) is 1.44. The Morgan fingerprint density at radius 1 is 1.23 bits per heavy atom. The number of nitrogens with one attached hydrogen (secondary N) is 1. The monoisotopic (exact) mass is 358 g/mol. The van der Waals surface area contributed by atoms with Crippen molar-refractivity contribution in [1.29, 1.82) is 0 Å². The molecule has 0 radical (unpaired) electrons. The van der Waals surface area contributed by atoms with E-state index < -0.39 is 0 Å². The number of hydrogen-bond acceptors (Lipinski definition) is 3. The fourth-order valence-electron chi connectivity index (χ4n) is 4.46. The number of likely N-dealkylation sites (tertiary alicyclic amines) is 2. The zero-order valence-corrected chi connectivity index (χ0v) is 16.4. The minimum atomic E-state index is 0.715. The van der Waals surface area contributed by atoms with Gasteiger partial charge in [0.15, 0.2) is 5.96 Å². The quantitative estimate of drug-likeness (QED) is 0.482. The summed E-state index contributed by atoms with van der Waals surface area (Å²) in [5.74, 6) is 1.80. The SMILES string of the molecule is CN=C(NCCCOC)N1CCC2C(CCCN2Cc2ccccc2)C1. The van der Waals surface area contributed by atoms with E-state index in [4.69, 9.17) is 4.74 Å². The van der Waals surface area contributed by atoms with Gasteiger partial charge in [-0.05, 0) is 43.7 Å². The number of methoxy groups -OCH3 is 1. The second-order valence-electron chi connectivity index (χ2n) is 7.48. The molecule has 2 fully saturated rings. The standard InChI is InChI=1S/C21H34N4O/c1-22-21(23-12-7-15-26-2)25-14-11-20-19(17-25)10-6-13-24(20)16-18-8-4-3-5-9-18/h3-5,8-9,19-20H,6-7,10-17H2,1-2H3,(H,22,23). The lowest BCUT2D eigenvalue weighted by Crippen LogP contribution is -2.56. The van der Waals surface area contributed by atoms with Crippen molar-refractivity contribution in [2.24, 2.45) is 10.9 Å². The predicted molar refractivity (Wildman–Crippen MR) is 107 cm³/mol. The molecule has 5 nitrogen and oxygen atoms in total. The fraction of sp³-hybridized carbons (Fsp3) is 0.667. The van der Waals surface area contributed by atoms with E-state index >= 15 is 0 Å². The molecule has 2 atom stereocenters. The van der Waals surface area contributed by atoms with Gasteiger partial charge in [0.2, 0.25) is 0 Å². The molecule has 0 spiro atoms. The van der Waals surface area contributed by atoms with E-state index in [1.807, 2.05) is 7.05 Å². The summed E-state index contributed by atoms with van der Waals surface area (Å²) >= 11 is 0. The van der Waals surface area contributed by atoms with Crippen molar-refractivity contribution in [2.75, 3.05) is 46.9 Å². The molecular formula is C21H34N4O. The summed E-state index contributed by atoms with van der Waals surface area (Å²) in [6.07, 6.45) is 4.89. The van der Waals surface area contributed by atoms with Crippen LogP contribution in [0.4, 0.5) is 0 Å². The van der Waals surface area contributed by atoms with E-state index in [0.29, 0.717) is 6.04 Å².